The summed E-state index contributed by atoms with van der Waals surface area (Å²) in [6.07, 6.45) is -0.632. The van der Waals surface area contributed by atoms with Gasteiger partial charge in [-0.2, -0.15) is 0 Å². The van der Waals surface area contributed by atoms with E-state index in [0.29, 0.717) is 11.2 Å². The van der Waals surface area contributed by atoms with Gasteiger partial charge in [-0.3, -0.25) is 5.84 Å². The molecule has 0 amide bonds. The second-order valence-corrected chi connectivity index (χ2v) is 4.14. The van der Waals surface area contributed by atoms with Gasteiger partial charge >= 0.3 is 0 Å². The maximum absolute atomic E-state index is 12.7. The highest BCUT2D eigenvalue weighted by Crippen LogP contribution is 2.28. The minimum absolute atomic E-state index is 0.265. The highest BCUT2D eigenvalue weighted by molar-refractivity contribution is 5.91. The average Bonchev–Trinajstić information content (AvgIpc) is 2.37. The van der Waals surface area contributed by atoms with Crippen molar-refractivity contribution in [2.75, 3.05) is 5.43 Å². The van der Waals surface area contributed by atoms with Gasteiger partial charge in [0.2, 0.25) is 0 Å². The second-order valence-electron chi connectivity index (χ2n) is 4.14. The molecule has 2 rings (SSSR count). The molecule has 3 N–H and O–H groups in total. The number of pyridine rings is 1. The van der Waals surface area contributed by atoms with Crippen LogP contribution in [0.5, 0.6) is 0 Å². The molecule has 0 aliphatic rings. The summed E-state index contributed by atoms with van der Waals surface area (Å²) in [5, 5.41) is 0.771. The Morgan fingerprint density at radius 1 is 1.33 bits per heavy atom. The molecular weight excluding hydrogens is 236 g/mol. The van der Waals surface area contributed by atoms with Gasteiger partial charge in [-0.15, -0.1) is 0 Å². The summed E-state index contributed by atoms with van der Waals surface area (Å²) in [6.45, 7) is 2.09. The fourth-order valence-corrected chi connectivity index (χ4v) is 1.97. The number of hydrogen-bond donors (Lipinski definition) is 2. The molecule has 1 aromatic heterocycles. The van der Waals surface area contributed by atoms with Crippen molar-refractivity contribution in [3.8, 4) is 0 Å². The van der Waals surface area contributed by atoms with E-state index in [2.05, 4.69) is 17.3 Å². The van der Waals surface area contributed by atoms with Crippen LogP contribution in [0.3, 0.4) is 0 Å². The molecule has 0 unspecified atom stereocenters. The van der Waals surface area contributed by atoms with Crippen molar-refractivity contribution in [1.82, 2.24) is 4.98 Å². The lowest BCUT2D eigenvalue weighted by molar-refractivity contribution is 0.146. The summed E-state index contributed by atoms with van der Waals surface area (Å²) in [7, 11) is 0. The molecule has 0 aliphatic heterocycles. The van der Waals surface area contributed by atoms with E-state index in [1.165, 1.54) is 6.07 Å². The number of benzene rings is 1. The zero-order chi connectivity index (χ0) is 13.1. The molecule has 0 spiro atoms. The number of nitrogen functional groups attached to an aromatic ring is 1. The Kier molecular flexibility index (Phi) is 3.72. The lowest BCUT2D eigenvalue weighted by atomic mass is 10.1. The van der Waals surface area contributed by atoms with Crippen molar-refractivity contribution in [3.63, 3.8) is 0 Å². The number of halogens is 2. The monoisotopic (exact) mass is 251 g/mol. The topological polar surface area (TPSA) is 50.9 Å². The van der Waals surface area contributed by atoms with Crippen LogP contribution in [0.2, 0.25) is 0 Å². The predicted molar refractivity (Wildman–Crippen MR) is 68.5 cm³/mol. The van der Waals surface area contributed by atoms with E-state index >= 15 is 0 Å². The molecule has 1 aromatic carbocycles. The van der Waals surface area contributed by atoms with Crippen molar-refractivity contribution in [3.05, 3.63) is 35.5 Å². The Hall–Kier alpha value is -1.75. The zero-order valence-electron chi connectivity index (χ0n) is 10.1. The summed E-state index contributed by atoms with van der Waals surface area (Å²) < 4.78 is 25.4. The third-order valence-electron chi connectivity index (χ3n) is 2.81. The normalized spacial score (nSPS) is 11.2. The second kappa shape index (κ2) is 5.27. The maximum Gasteiger partial charge on any atom is 0.280 e. The van der Waals surface area contributed by atoms with E-state index in [1.54, 1.807) is 6.07 Å². The van der Waals surface area contributed by atoms with Crippen molar-refractivity contribution in [1.29, 1.82) is 0 Å². The van der Waals surface area contributed by atoms with Crippen LogP contribution in [-0.4, -0.2) is 4.98 Å². The molecule has 3 nitrogen and oxygen atoms in total. The van der Waals surface area contributed by atoms with Gasteiger partial charge in [0.05, 0.1) is 11.2 Å². The first-order chi connectivity index (χ1) is 8.65. The molecule has 0 radical (unpaired) electrons. The SMILES string of the molecule is CCCc1ccc2nc(C(F)F)cc(NN)c2c1. The maximum atomic E-state index is 12.7. The van der Waals surface area contributed by atoms with Crippen LogP contribution >= 0.6 is 0 Å². The van der Waals surface area contributed by atoms with Crippen LogP contribution in [0.1, 0.15) is 31.0 Å². The Bertz CT molecular complexity index is 555. The molecule has 0 saturated carbocycles. The zero-order valence-corrected chi connectivity index (χ0v) is 10.1. The van der Waals surface area contributed by atoms with Gasteiger partial charge in [0, 0.05) is 5.39 Å². The van der Waals surface area contributed by atoms with Gasteiger partial charge < -0.3 is 5.43 Å². The van der Waals surface area contributed by atoms with E-state index in [4.69, 9.17) is 5.84 Å². The molecular formula is C13H15F2N3. The standard InChI is InChI=1S/C13H15F2N3/c1-2-3-8-4-5-10-9(6-8)11(18-16)7-12(17-10)13(14)15/h4-7,13H,2-3,16H2,1H3,(H,17,18). The first kappa shape index (κ1) is 12.7. The Morgan fingerprint density at radius 2 is 2.11 bits per heavy atom. The first-order valence-corrected chi connectivity index (χ1v) is 5.84. The van der Waals surface area contributed by atoms with Gasteiger partial charge in [0.15, 0.2) is 0 Å². The highest BCUT2D eigenvalue weighted by atomic mass is 19.3. The van der Waals surface area contributed by atoms with Crippen molar-refractivity contribution in [2.45, 2.75) is 26.2 Å². The Morgan fingerprint density at radius 3 is 2.72 bits per heavy atom. The molecule has 0 saturated heterocycles. The van der Waals surface area contributed by atoms with E-state index in [-0.39, 0.29) is 5.69 Å². The summed E-state index contributed by atoms with van der Waals surface area (Å²) in [5.74, 6) is 5.39. The average molecular weight is 251 g/mol. The van der Waals surface area contributed by atoms with Gasteiger partial charge in [0.1, 0.15) is 5.69 Å². The van der Waals surface area contributed by atoms with Crippen LogP contribution in [-0.2, 0) is 6.42 Å². The van der Waals surface area contributed by atoms with E-state index in [9.17, 15) is 8.78 Å². The van der Waals surface area contributed by atoms with Gasteiger partial charge in [-0.25, -0.2) is 13.8 Å². The third-order valence-corrected chi connectivity index (χ3v) is 2.81. The van der Waals surface area contributed by atoms with E-state index in [0.717, 1.165) is 23.8 Å². The highest BCUT2D eigenvalue weighted by Gasteiger charge is 2.13. The van der Waals surface area contributed by atoms with Gasteiger partial charge in [0.25, 0.3) is 6.43 Å². The number of rotatable bonds is 4. The molecule has 0 bridgehead atoms. The van der Waals surface area contributed by atoms with Crippen molar-refractivity contribution < 1.29 is 8.78 Å². The van der Waals surface area contributed by atoms with Crippen LogP contribution in [0, 0.1) is 0 Å². The first-order valence-electron chi connectivity index (χ1n) is 5.84. The number of nitrogens with zero attached hydrogens (tertiary/aromatic N) is 1. The lowest BCUT2D eigenvalue weighted by Crippen LogP contribution is -2.08. The smallest absolute Gasteiger partial charge is 0.280 e. The number of hydrazine groups is 1. The number of nitrogens with one attached hydrogen (secondary N) is 1. The van der Waals surface area contributed by atoms with Crippen LogP contribution in [0.4, 0.5) is 14.5 Å². The number of nitrogens with two attached hydrogens (primary N) is 1. The summed E-state index contributed by atoms with van der Waals surface area (Å²) in [4.78, 5) is 3.94. The number of hydrogen-bond acceptors (Lipinski definition) is 3. The molecule has 0 aliphatic carbocycles. The fourth-order valence-electron chi connectivity index (χ4n) is 1.97. The van der Waals surface area contributed by atoms with Crippen LogP contribution < -0.4 is 11.3 Å². The molecule has 0 atom stereocenters. The van der Waals surface area contributed by atoms with Crippen molar-refractivity contribution >= 4 is 16.6 Å². The molecule has 96 valence electrons. The number of alkyl halides is 2. The fraction of sp³-hybridized carbons (Fsp3) is 0.308. The molecule has 2 aromatic rings. The lowest BCUT2D eigenvalue weighted by Gasteiger charge is -2.10. The number of fused-ring (bicyclic) bond motifs is 1. The van der Waals surface area contributed by atoms with Crippen LogP contribution in [0.25, 0.3) is 10.9 Å². The quantitative estimate of drug-likeness (QED) is 0.646. The Balaban J connectivity index is 2.60. The Labute approximate surface area is 104 Å². The predicted octanol–water partition coefficient (Wildman–Crippen LogP) is 3.41. The minimum atomic E-state index is -2.60. The number of aryl methyl sites for hydroxylation is 1. The van der Waals surface area contributed by atoms with E-state index in [1.807, 2.05) is 12.1 Å². The summed E-state index contributed by atoms with van der Waals surface area (Å²) in [5.41, 5.74) is 4.35. The van der Waals surface area contributed by atoms with Gasteiger partial charge in [-0.05, 0) is 30.2 Å². The molecule has 1 heterocycles. The largest absolute Gasteiger partial charge is 0.323 e. The van der Waals surface area contributed by atoms with Gasteiger partial charge in [-0.1, -0.05) is 19.4 Å². The number of aromatic nitrogens is 1. The molecule has 18 heavy (non-hydrogen) atoms. The number of anilines is 1. The third kappa shape index (κ3) is 2.41. The molecule has 5 heteroatoms. The van der Waals surface area contributed by atoms with E-state index < -0.39 is 6.43 Å². The van der Waals surface area contributed by atoms with Crippen molar-refractivity contribution in [2.24, 2.45) is 5.84 Å². The summed E-state index contributed by atoms with van der Waals surface area (Å²) >= 11 is 0. The molecule has 0 fully saturated rings. The minimum Gasteiger partial charge on any atom is -0.323 e. The summed E-state index contributed by atoms with van der Waals surface area (Å²) in [6, 6.07) is 6.90. The van der Waals surface area contributed by atoms with Crippen LogP contribution in [0.15, 0.2) is 24.3 Å².